The molecule has 4 N–H and O–H groups in total. The van der Waals surface area contributed by atoms with Crippen LogP contribution in [-0.2, 0) is 4.74 Å². The maximum atomic E-state index is 11.3. The summed E-state index contributed by atoms with van der Waals surface area (Å²) < 4.78 is 4.95. The van der Waals surface area contributed by atoms with E-state index in [1.54, 1.807) is 19.2 Å². The van der Waals surface area contributed by atoms with E-state index in [1.807, 2.05) is 0 Å². The highest BCUT2D eigenvalue weighted by Gasteiger charge is 2.13. The fraction of sp³-hybridized carbons (Fsp3) is 0.364. The number of amides is 1. The zero-order chi connectivity index (χ0) is 12.8. The van der Waals surface area contributed by atoms with Gasteiger partial charge in [-0.3, -0.25) is 4.79 Å². The van der Waals surface area contributed by atoms with Crippen LogP contribution in [0, 0.1) is 0 Å². The van der Waals surface area contributed by atoms with Gasteiger partial charge < -0.3 is 16.2 Å². The first-order valence-electron chi connectivity index (χ1n) is 5.06. The Kier molecular flexibility index (Phi) is 5.61. The molecule has 0 bridgehead atoms. The number of hydrogen-bond acceptors (Lipinski definition) is 4. The van der Waals surface area contributed by atoms with Gasteiger partial charge in [-0.15, -0.1) is 11.8 Å². The molecule has 1 rings (SSSR count). The Balaban J connectivity index is 2.85. The molecule has 0 radical (unpaired) electrons. The molecule has 0 aliphatic heterocycles. The first-order valence-corrected chi connectivity index (χ1v) is 6.43. The Morgan fingerprint density at radius 2 is 2.24 bits per heavy atom. The summed E-state index contributed by atoms with van der Waals surface area (Å²) in [6.45, 7) is 0.672. The van der Waals surface area contributed by atoms with Gasteiger partial charge in [0.05, 0.1) is 10.6 Å². The van der Waals surface area contributed by atoms with Gasteiger partial charge in [0.15, 0.2) is 0 Å². The van der Waals surface area contributed by atoms with Gasteiger partial charge >= 0.3 is 0 Å². The molecule has 0 aliphatic carbocycles. The van der Waals surface area contributed by atoms with Crippen molar-refractivity contribution in [3.8, 4) is 0 Å². The van der Waals surface area contributed by atoms with Gasteiger partial charge in [0.1, 0.15) is 0 Å². The molecule has 1 amide bonds. The molecule has 1 aromatic carbocycles. The van der Waals surface area contributed by atoms with E-state index in [0.717, 1.165) is 12.2 Å². The Morgan fingerprint density at radius 1 is 1.53 bits per heavy atom. The minimum atomic E-state index is -0.520. The lowest BCUT2D eigenvalue weighted by atomic mass is 10.2. The third kappa shape index (κ3) is 4.11. The van der Waals surface area contributed by atoms with E-state index in [9.17, 15) is 4.79 Å². The van der Waals surface area contributed by atoms with Crippen molar-refractivity contribution in [2.75, 3.05) is 25.2 Å². The summed E-state index contributed by atoms with van der Waals surface area (Å²) in [6, 6.07) is 3.17. The van der Waals surface area contributed by atoms with Crippen LogP contribution in [0.3, 0.4) is 0 Å². The number of anilines is 1. The Labute approximate surface area is 110 Å². The van der Waals surface area contributed by atoms with Crippen LogP contribution in [0.1, 0.15) is 16.8 Å². The van der Waals surface area contributed by atoms with Crippen molar-refractivity contribution in [2.24, 2.45) is 5.73 Å². The lowest BCUT2D eigenvalue weighted by molar-refractivity contribution is 0.0997. The number of halogens is 1. The van der Waals surface area contributed by atoms with Gasteiger partial charge in [0.25, 0.3) is 0 Å². The van der Waals surface area contributed by atoms with E-state index in [2.05, 4.69) is 0 Å². The molecular weight excluding hydrogens is 260 g/mol. The Bertz CT molecular complexity index is 413. The molecule has 0 unspecified atom stereocenters. The lowest BCUT2D eigenvalue weighted by Gasteiger charge is -2.09. The topological polar surface area (TPSA) is 78.3 Å². The summed E-state index contributed by atoms with van der Waals surface area (Å²) in [5, 5.41) is 0.459. The molecule has 0 aromatic heterocycles. The van der Waals surface area contributed by atoms with Crippen LogP contribution < -0.4 is 11.5 Å². The normalized spacial score (nSPS) is 10.5. The number of carbonyl (C=O) groups is 1. The maximum absolute atomic E-state index is 11.3. The van der Waals surface area contributed by atoms with Crippen LogP contribution in [0.5, 0.6) is 0 Å². The molecule has 0 atom stereocenters. The predicted molar refractivity (Wildman–Crippen MR) is 71.6 cm³/mol. The van der Waals surface area contributed by atoms with Gasteiger partial charge in [-0.25, -0.2) is 0 Å². The van der Waals surface area contributed by atoms with Gasteiger partial charge in [-0.2, -0.15) is 0 Å². The summed E-state index contributed by atoms with van der Waals surface area (Å²) in [6.07, 6.45) is 0.875. The number of nitrogen functional groups attached to an aromatic ring is 1. The molecule has 4 nitrogen and oxygen atoms in total. The third-order valence-corrected chi connectivity index (χ3v) is 3.70. The van der Waals surface area contributed by atoms with E-state index in [-0.39, 0.29) is 0 Å². The van der Waals surface area contributed by atoms with Crippen molar-refractivity contribution < 1.29 is 9.53 Å². The predicted octanol–water partition coefficient (Wildman–Crippen LogP) is 2.15. The van der Waals surface area contributed by atoms with Gasteiger partial charge in [0.2, 0.25) is 5.91 Å². The van der Waals surface area contributed by atoms with Crippen LogP contribution >= 0.6 is 23.4 Å². The Morgan fingerprint density at radius 3 is 2.82 bits per heavy atom. The number of ether oxygens (including phenoxy) is 1. The molecular formula is C11H15ClN2O2S. The van der Waals surface area contributed by atoms with Crippen LogP contribution in [-0.4, -0.2) is 25.4 Å². The monoisotopic (exact) mass is 274 g/mol. The van der Waals surface area contributed by atoms with Crippen molar-refractivity contribution in [3.05, 3.63) is 22.7 Å². The number of benzene rings is 1. The second-order valence-corrected chi connectivity index (χ2v) is 4.95. The highest BCUT2D eigenvalue weighted by Crippen LogP contribution is 2.33. The number of carbonyl (C=O) groups excluding carboxylic acids is 1. The summed E-state index contributed by atoms with van der Waals surface area (Å²) in [5.74, 6) is 0.283. The molecule has 0 saturated carbocycles. The minimum Gasteiger partial charge on any atom is -0.399 e. The zero-order valence-corrected chi connectivity index (χ0v) is 11.1. The van der Waals surface area contributed by atoms with Crippen LogP contribution in [0.4, 0.5) is 5.69 Å². The molecule has 0 heterocycles. The average molecular weight is 275 g/mol. The number of thioether (sulfide) groups is 1. The van der Waals surface area contributed by atoms with E-state index in [0.29, 0.717) is 27.8 Å². The van der Waals surface area contributed by atoms with Crippen LogP contribution in [0.15, 0.2) is 17.0 Å². The van der Waals surface area contributed by atoms with Gasteiger partial charge in [-0.05, 0) is 18.6 Å². The SMILES string of the molecule is COCCCSc1c(Cl)cc(N)cc1C(N)=O. The van der Waals surface area contributed by atoms with Crippen molar-refractivity contribution >= 4 is 35.0 Å². The second-order valence-electron chi connectivity index (χ2n) is 3.44. The number of primary amides is 1. The summed E-state index contributed by atoms with van der Waals surface area (Å²) in [4.78, 5) is 12.0. The first-order chi connectivity index (χ1) is 8.06. The van der Waals surface area contributed by atoms with Gasteiger partial charge in [-0.1, -0.05) is 11.6 Å². The molecule has 0 spiro atoms. The molecule has 0 saturated heterocycles. The van der Waals surface area contributed by atoms with Crippen LogP contribution in [0.2, 0.25) is 5.02 Å². The van der Waals surface area contributed by atoms with E-state index < -0.39 is 5.91 Å². The fourth-order valence-corrected chi connectivity index (χ4v) is 2.69. The van der Waals surface area contributed by atoms with E-state index in [4.69, 9.17) is 27.8 Å². The fourth-order valence-electron chi connectivity index (χ4n) is 1.32. The summed E-state index contributed by atoms with van der Waals surface area (Å²) in [5.41, 5.74) is 11.7. The summed E-state index contributed by atoms with van der Waals surface area (Å²) in [7, 11) is 1.65. The number of hydrogen-bond donors (Lipinski definition) is 2. The highest BCUT2D eigenvalue weighted by molar-refractivity contribution is 7.99. The number of methoxy groups -OCH3 is 1. The largest absolute Gasteiger partial charge is 0.399 e. The van der Waals surface area contributed by atoms with Gasteiger partial charge in [0, 0.05) is 30.1 Å². The molecule has 6 heteroatoms. The van der Waals surface area contributed by atoms with Crippen molar-refractivity contribution in [3.63, 3.8) is 0 Å². The van der Waals surface area contributed by atoms with Crippen LogP contribution in [0.25, 0.3) is 0 Å². The zero-order valence-electron chi connectivity index (χ0n) is 9.53. The molecule has 0 fully saturated rings. The second kappa shape index (κ2) is 6.74. The van der Waals surface area contributed by atoms with E-state index >= 15 is 0 Å². The maximum Gasteiger partial charge on any atom is 0.249 e. The smallest absolute Gasteiger partial charge is 0.249 e. The van der Waals surface area contributed by atoms with Crippen molar-refractivity contribution in [1.82, 2.24) is 0 Å². The quantitative estimate of drug-likeness (QED) is 0.473. The summed E-state index contributed by atoms with van der Waals surface area (Å²) >= 11 is 7.53. The molecule has 17 heavy (non-hydrogen) atoms. The minimum absolute atomic E-state index is 0.373. The molecule has 1 aromatic rings. The van der Waals surface area contributed by atoms with Crippen molar-refractivity contribution in [2.45, 2.75) is 11.3 Å². The van der Waals surface area contributed by atoms with E-state index in [1.165, 1.54) is 11.8 Å². The number of rotatable bonds is 6. The Hall–Kier alpha value is -0.910. The average Bonchev–Trinajstić information content (AvgIpc) is 2.25. The third-order valence-electron chi connectivity index (χ3n) is 2.07. The van der Waals surface area contributed by atoms with Crippen molar-refractivity contribution in [1.29, 1.82) is 0 Å². The standard InChI is InChI=1S/C11H15ClN2O2S/c1-16-3-2-4-17-10-8(11(14)15)5-7(13)6-9(10)12/h5-6H,2-4,13H2,1H3,(H2,14,15). The lowest BCUT2D eigenvalue weighted by Crippen LogP contribution is -2.13. The molecule has 0 aliphatic rings. The number of nitrogens with two attached hydrogens (primary N) is 2. The highest BCUT2D eigenvalue weighted by atomic mass is 35.5. The molecule has 94 valence electrons. The first kappa shape index (κ1) is 14.2.